The smallest absolute Gasteiger partial charge is 0.256 e. The van der Waals surface area contributed by atoms with Crippen LogP contribution < -0.4 is 20.2 Å². The maximum absolute atomic E-state index is 13.5. The lowest BCUT2D eigenvalue weighted by Crippen LogP contribution is -2.16. The molecule has 33 heavy (non-hydrogen) atoms. The Hall–Kier alpha value is -3.64. The number of ether oxygens (including phenoxy) is 2. The first-order valence-electron chi connectivity index (χ1n) is 10.7. The predicted molar refractivity (Wildman–Crippen MR) is 133 cm³/mol. The van der Waals surface area contributed by atoms with E-state index in [2.05, 4.69) is 26.1 Å². The zero-order valence-electron chi connectivity index (χ0n) is 18.6. The van der Waals surface area contributed by atoms with E-state index in [-0.39, 0.29) is 23.5 Å². The Morgan fingerprint density at radius 1 is 0.939 bits per heavy atom. The molecule has 1 amide bonds. The average molecular weight is 458 g/mol. The summed E-state index contributed by atoms with van der Waals surface area (Å²) < 4.78 is 11.7. The van der Waals surface area contributed by atoms with E-state index in [0.29, 0.717) is 38.6 Å². The third-order valence-electron chi connectivity index (χ3n) is 5.70. The Morgan fingerprint density at radius 3 is 2.42 bits per heavy atom. The third kappa shape index (κ3) is 3.98. The summed E-state index contributed by atoms with van der Waals surface area (Å²) in [5.74, 6) is 0.962. The largest absolute Gasteiger partial charge is 0.454 e. The Balaban J connectivity index is 1.59. The second-order valence-corrected chi connectivity index (χ2v) is 10.0. The fraction of sp³-hybridized carbons (Fsp3) is 0.185. The van der Waals surface area contributed by atoms with Gasteiger partial charge < -0.3 is 14.8 Å². The standard InChI is InChI=1S/C27H23NO4S/c1-27(2,3)18-11-8-16(9-12-18)25(30)28-26-23(17-10-13-20-21(14-17)32-15-31-20)24(29)19-6-4-5-7-22(19)33-26/h4-14H,15H2,1-3H3,(H,28,30). The van der Waals surface area contributed by atoms with E-state index < -0.39 is 0 Å². The summed E-state index contributed by atoms with van der Waals surface area (Å²) in [6, 6.07) is 20.4. The van der Waals surface area contributed by atoms with E-state index in [0.717, 1.165) is 10.3 Å². The quantitative estimate of drug-likeness (QED) is 0.397. The molecule has 0 atom stereocenters. The highest BCUT2D eigenvalue weighted by atomic mass is 32.1. The van der Waals surface area contributed by atoms with Crippen LogP contribution in [0.5, 0.6) is 11.5 Å². The van der Waals surface area contributed by atoms with Crippen LogP contribution in [0.25, 0.3) is 21.2 Å². The molecule has 1 N–H and O–H groups in total. The van der Waals surface area contributed by atoms with Crippen LogP contribution in [-0.2, 0) is 5.41 Å². The van der Waals surface area contributed by atoms with E-state index >= 15 is 0 Å². The van der Waals surface area contributed by atoms with Gasteiger partial charge in [0.05, 0.1) is 5.56 Å². The molecular weight excluding hydrogens is 434 g/mol. The molecule has 0 unspecified atom stereocenters. The van der Waals surface area contributed by atoms with Crippen LogP contribution in [0.1, 0.15) is 36.7 Å². The first-order chi connectivity index (χ1) is 15.8. The maximum atomic E-state index is 13.5. The van der Waals surface area contributed by atoms with Gasteiger partial charge in [-0.3, -0.25) is 9.59 Å². The number of carbonyl (C=O) groups is 1. The summed E-state index contributed by atoms with van der Waals surface area (Å²) in [5.41, 5.74) is 2.66. The van der Waals surface area contributed by atoms with Gasteiger partial charge in [0.15, 0.2) is 16.9 Å². The van der Waals surface area contributed by atoms with Gasteiger partial charge in [-0.2, -0.15) is 0 Å². The predicted octanol–water partition coefficient (Wildman–Crippen LogP) is 6.21. The molecule has 1 aliphatic rings. The topological polar surface area (TPSA) is 64.6 Å². The molecule has 0 fully saturated rings. The second kappa shape index (κ2) is 8.05. The summed E-state index contributed by atoms with van der Waals surface area (Å²) in [4.78, 5) is 26.6. The number of hydrogen-bond acceptors (Lipinski definition) is 5. The lowest BCUT2D eigenvalue weighted by Gasteiger charge is -2.19. The molecule has 1 aliphatic heterocycles. The van der Waals surface area contributed by atoms with Gasteiger partial charge >= 0.3 is 0 Å². The van der Waals surface area contributed by atoms with Gasteiger partial charge in [0.1, 0.15) is 5.00 Å². The van der Waals surface area contributed by atoms with Crippen LogP contribution in [0.15, 0.2) is 71.5 Å². The number of nitrogens with one attached hydrogen (secondary N) is 1. The summed E-state index contributed by atoms with van der Waals surface area (Å²) >= 11 is 1.38. The van der Waals surface area contributed by atoms with Gasteiger partial charge in [0, 0.05) is 15.6 Å². The molecule has 1 aromatic heterocycles. The Bertz CT molecular complexity index is 1430. The van der Waals surface area contributed by atoms with Gasteiger partial charge in [0.2, 0.25) is 6.79 Å². The fourth-order valence-electron chi connectivity index (χ4n) is 3.84. The molecular formula is C27H23NO4S. The number of carbonyl (C=O) groups excluding carboxylic acids is 1. The number of anilines is 1. The lowest BCUT2D eigenvalue weighted by molar-refractivity contribution is 0.102. The molecule has 0 spiro atoms. The van der Waals surface area contributed by atoms with Crippen LogP contribution in [0.2, 0.25) is 0 Å². The van der Waals surface area contributed by atoms with Crippen LogP contribution in [0.3, 0.4) is 0 Å². The Morgan fingerprint density at radius 2 is 1.67 bits per heavy atom. The normalized spacial score (nSPS) is 12.7. The molecule has 5 nitrogen and oxygen atoms in total. The minimum absolute atomic E-state index is 0.000587. The molecule has 6 heteroatoms. The van der Waals surface area contributed by atoms with Crippen molar-refractivity contribution in [1.82, 2.24) is 0 Å². The summed E-state index contributed by atoms with van der Waals surface area (Å²) in [7, 11) is 0. The minimum Gasteiger partial charge on any atom is -0.454 e. The van der Waals surface area contributed by atoms with Gasteiger partial charge in [0.25, 0.3) is 5.91 Å². The average Bonchev–Trinajstić information content (AvgIpc) is 3.27. The molecule has 166 valence electrons. The van der Waals surface area contributed by atoms with Crippen molar-refractivity contribution >= 4 is 32.3 Å². The van der Waals surface area contributed by atoms with Crippen LogP contribution in [-0.4, -0.2) is 12.7 Å². The molecule has 0 bridgehead atoms. The molecule has 0 aliphatic carbocycles. The third-order valence-corrected chi connectivity index (χ3v) is 6.79. The Kier molecular flexibility index (Phi) is 5.17. The van der Waals surface area contributed by atoms with Crippen LogP contribution in [0.4, 0.5) is 5.00 Å². The molecule has 0 saturated heterocycles. The highest BCUT2D eigenvalue weighted by molar-refractivity contribution is 7.22. The second-order valence-electron chi connectivity index (χ2n) is 8.98. The summed E-state index contributed by atoms with van der Waals surface area (Å²) in [6.07, 6.45) is 0. The van der Waals surface area contributed by atoms with Gasteiger partial charge in [-0.25, -0.2) is 0 Å². The number of fused-ring (bicyclic) bond motifs is 2. The zero-order chi connectivity index (χ0) is 23.2. The summed E-state index contributed by atoms with van der Waals surface area (Å²) in [5, 5.41) is 4.11. The monoisotopic (exact) mass is 457 g/mol. The van der Waals surface area contributed by atoms with Crippen molar-refractivity contribution in [3.8, 4) is 22.6 Å². The highest BCUT2D eigenvalue weighted by Crippen LogP contribution is 2.39. The van der Waals surface area contributed by atoms with Crippen molar-refractivity contribution in [3.63, 3.8) is 0 Å². The Labute approximate surface area is 195 Å². The SMILES string of the molecule is CC(C)(C)c1ccc(C(=O)Nc2sc3ccccc3c(=O)c2-c2ccc3c(c2)OCO3)cc1. The molecule has 3 aromatic carbocycles. The van der Waals surface area contributed by atoms with Crippen molar-refractivity contribution in [2.75, 3.05) is 12.1 Å². The van der Waals surface area contributed by atoms with Crippen molar-refractivity contribution in [2.24, 2.45) is 0 Å². The minimum atomic E-state index is -0.261. The van der Waals surface area contributed by atoms with Crippen molar-refractivity contribution in [2.45, 2.75) is 26.2 Å². The maximum Gasteiger partial charge on any atom is 0.256 e. The summed E-state index contributed by atoms with van der Waals surface area (Å²) in [6.45, 7) is 6.54. The lowest BCUT2D eigenvalue weighted by atomic mass is 9.87. The van der Waals surface area contributed by atoms with Gasteiger partial charge in [-0.05, 0) is 52.9 Å². The highest BCUT2D eigenvalue weighted by Gasteiger charge is 2.21. The first-order valence-corrected chi connectivity index (χ1v) is 11.5. The number of rotatable bonds is 3. The van der Waals surface area contributed by atoms with Crippen molar-refractivity contribution < 1.29 is 14.3 Å². The number of hydrogen-bond donors (Lipinski definition) is 1. The zero-order valence-corrected chi connectivity index (χ0v) is 19.4. The fourth-order valence-corrected chi connectivity index (χ4v) is 4.93. The van der Waals surface area contributed by atoms with Crippen LogP contribution >= 0.6 is 11.3 Å². The van der Waals surface area contributed by atoms with E-state index in [1.807, 2.05) is 54.6 Å². The molecule has 2 heterocycles. The van der Waals surface area contributed by atoms with E-state index in [1.165, 1.54) is 11.3 Å². The van der Waals surface area contributed by atoms with Gasteiger partial charge in [-0.15, -0.1) is 11.3 Å². The number of amides is 1. The van der Waals surface area contributed by atoms with Gasteiger partial charge in [-0.1, -0.05) is 51.1 Å². The van der Waals surface area contributed by atoms with Crippen molar-refractivity contribution in [1.29, 1.82) is 0 Å². The van der Waals surface area contributed by atoms with E-state index in [1.54, 1.807) is 12.1 Å². The molecule has 0 radical (unpaired) electrons. The molecule has 0 saturated carbocycles. The van der Waals surface area contributed by atoms with E-state index in [9.17, 15) is 9.59 Å². The molecule has 4 aromatic rings. The van der Waals surface area contributed by atoms with E-state index in [4.69, 9.17) is 9.47 Å². The first kappa shape index (κ1) is 21.2. The van der Waals surface area contributed by atoms with Crippen molar-refractivity contribution in [3.05, 3.63) is 88.1 Å². The number of benzene rings is 3. The molecule has 5 rings (SSSR count). The van der Waals surface area contributed by atoms with Crippen LogP contribution in [0, 0.1) is 0 Å².